The Bertz CT molecular complexity index is 3330. The first-order valence-electron chi connectivity index (χ1n) is 24.7. The van der Waals surface area contributed by atoms with Crippen LogP contribution in [0.15, 0.2) is 205 Å². The molecule has 2 aliphatic heterocycles. The zero-order valence-electron chi connectivity index (χ0n) is 40.8. The molecule has 0 unspecified atom stereocenters. The van der Waals surface area contributed by atoms with Crippen molar-refractivity contribution >= 4 is 74.5 Å². The average molecular weight is 896 g/mol. The Morgan fingerprint density at radius 2 is 1.01 bits per heavy atom. The Kier molecular flexibility index (Phi) is 9.97. The quantitative estimate of drug-likeness (QED) is 0.149. The van der Waals surface area contributed by atoms with Crippen LogP contribution in [-0.2, 0) is 16.2 Å². The van der Waals surface area contributed by atoms with Gasteiger partial charge < -0.3 is 19.1 Å². The van der Waals surface area contributed by atoms with Gasteiger partial charge in [0.2, 0.25) is 0 Å². The molecule has 3 aliphatic rings. The first kappa shape index (κ1) is 42.8. The molecular weight excluding hydrogens is 838 g/mol. The molecule has 5 heteroatoms. The van der Waals surface area contributed by atoms with Crippen molar-refractivity contribution in [2.45, 2.75) is 77.6 Å². The third-order valence-corrected chi connectivity index (χ3v) is 15.1. The molecular formula is C64H58BN3O. The normalized spacial score (nSPS) is 15.2. The zero-order chi connectivity index (χ0) is 47.2. The van der Waals surface area contributed by atoms with Crippen molar-refractivity contribution in [3.63, 3.8) is 0 Å². The topological polar surface area (TPSA) is 22.9 Å². The Morgan fingerprint density at radius 3 is 1.61 bits per heavy atom. The van der Waals surface area contributed by atoms with E-state index in [1.54, 1.807) is 0 Å². The van der Waals surface area contributed by atoms with Crippen LogP contribution in [0.3, 0.4) is 0 Å². The molecule has 69 heavy (non-hydrogen) atoms. The van der Waals surface area contributed by atoms with E-state index in [0.29, 0.717) is 0 Å². The van der Waals surface area contributed by atoms with Gasteiger partial charge in [0.1, 0.15) is 5.76 Å². The molecule has 0 fully saturated rings. The lowest BCUT2D eigenvalue weighted by molar-refractivity contribution is 0.282. The number of fused-ring (bicyclic) bond motifs is 6. The molecule has 0 radical (unpaired) electrons. The van der Waals surface area contributed by atoms with Gasteiger partial charge in [0.05, 0.1) is 17.0 Å². The molecule has 0 atom stereocenters. The van der Waals surface area contributed by atoms with Crippen LogP contribution in [-0.4, -0.2) is 6.71 Å². The number of benzene rings is 8. The molecule has 0 bridgehead atoms. The fourth-order valence-corrected chi connectivity index (χ4v) is 11.4. The highest BCUT2D eigenvalue weighted by atomic mass is 16.3. The first-order chi connectivity index (χ1) is 33.4. The molecule has 0 N–H and O–H groups in total. The lowest BCUT2D eigenvalue weighted by atomic mass is 9.35. The monoisotopic (exact) mass is 895 g/mol. The molecule has 1 aliphatic carbocycles. The van der Waals surface area contributed by atoms with Crippen molar-refractivity contribution < 1.29 is 4.42 Å². The van der Waals surface area contributed by atoms with Gasteiger partial charge in [-0.05, 0) is 129 Å². The summed E-state index contributed by atoms with van der Waals surface area (Å²) in [6.45, 7) is 16.3. The highest BCUT2D eigenvalue weighted by Crippen LogP contribution is 2.56. The van der Waals surface area contributed by atoms with Crippen LogP contribution in [0, 0.1) is 0 Å². The summed E-state index contributed by atoms with van der Waals surface area (Å²) in [7, 11) is 0. The van der Waals surface area contributed by atoms with Gasteiger partial charge in [0.15, 0.2) is 0 Å². The number of anilines is 9. The maximum Gasteiger partial charge on any atom is 0.297 e. The highest BCUT2D eigenvalue weighted by Gasteiger charge is 2.52. The van der Waals surface area contributed by atoms with Crippen LogP contribution in [0.2, 0.25) is 0 Å². The number of nitrogens with zero attached hydrogens (tertiary/aromatic N) is 3. The van der Waals surface area contributed by atoms with E-state index in [-0.39, 0.29) is 23.0 Å². The average Bonchev–Trinajstić information content (AvgIpc) is 3.79. The minimum absolute atomic E-state index is 0.000441. The number of hydrogen-bond acceptors (Lipinski definition) is 4. The molecule has 9 aromatic rings. The van der Waals surface area contributed by atoms with E-state index in [9.17, 15) is 0 Å². The maximum atomic E-state index is 7.69. The van der Waals surface area contributed by atoms with Crippen LogP contribution < -0.4 is 31.3 Å². The summed E-state index contributed by atoms with van der Waals surface area (Å²) >= 11 is 0. The van der Waals surface area contributed by atoms with Gasteiger partial charge >= 0.3 is 0 Å². The summed E-state index contributed by atoms with van der Waals surface area (Å²) in [5, 5.41) is 0. The van der Waals surface area contributed by atoms with Gasteiger partial charge in [-0.1, -0.05) is 182 Å². The van der Waals surface area contributed by atoms with Crippen molar-refractivity contribution in [2.24, 2.45) is 0 Å². The third kappa shape index (κ3) is 7.12. The van der Waals surface area contributed by atoms with Crippen molar-refractivity contribution in [3.8, 4) is 22.3 Å². The van der Waals surface area contributed by atoms with E-state index in [1.165, 1.54) is 50.0 Å². The van der Waals surface area contributed by atoms with Crippen molar-refractivity contribution in [3.05, 3.63) is 217 Å². The minimum Gasteiger partial charge on any atom is -0.472 e. The Hall–Kier alpha value is -7.50. The Balaban J connectivity index is 1.23. The lowest BCUT2D eigenvalue weighted by Gasteiger charge is -2.45. The number of furan rings is 1. The molecule has 0 amide bonds. The van der Waals surface area contributed by atoms with Crippen LogP contribution in [0.4, 0.5) is 51.2 Å². The summed E-state index contributed by atoms with van der Waals surface area (Å²) in [6, 6.07) is 73.8. The van der Waals surface area contributed by atoms with Gasteiger partial charge in [-0.3, -0.25) is 0 Å². The van der Waals surface area contributed by atoms with Gasteiger partial charge in [0, 0.05) is 50.8 Å². The predicted molar refractivity (Wildman–Crippen MR) is 292 cm³/mol. The Morgan fingerprint density at radius 1 is 0.478 bits per heavy atom. The minimum atomic E-state index is -0.184. The summed E-state index contributed by atoms with van der Waals surface area (Å²) in [5.74, 6) is 1.12. The fraction of sp³-hybridized carbons (Fsp3) is 0.188. The van der Waals surface area contributed by atoms with Crippen LogP contribution in [0.1, 0.15) is 78.2 Å². The van der Waals surface area contributed by atoms with Crippen molar-refractivity contribution in [2.75, 3.05) is 14.7 Å². The van der Waals surface area contributed by atoms with E-state index >= 15 is 0 Å². The van der Waals surface area contributed by atoms with Gasteiger partial charge in [0.25, 0.3) is 6.71 Å². The van der Waals surface area contributed by atoms with Crippen LogP contribution in [0.25, 0.3) is 22.3 Å². The van der Waals surface area contributed by atoms with E-state index in [2.05, 4.69) is 263 Å². The second-order valence-corrected chi connectivity index (χ2v) is 21.6. The lowest BCUT2D eigenvalue weighted by Crippen LogP contribution is -2.61. The number of hydrogen-bond donors (Lipinski definition) is 0. The Labute approximate surface area is 408 Å². The van der Waals surface area contributed by atoms with E-state index in [1.807, 2.05) is 0 Å². The molecule has 0 saturated heterocycles. The SMILES string of the molecule is CC(C)(C)c1ccc(N2c3cc(N(c4ccccc4)c4ccccc4)cc4c3B(c3ccc(-c5ccccc5)cc3N4c3cccc(-c4ccccc4)c3)c3oc4c(c32)C(C)(C)CCC4(C)C)cc1. The highest BCUT2D eigenvalue weighted by molar-refractivity contribution is 6.99. The first-order valence-corrected chi connectivity index (χ1v) is 24.7. The van der Waals surface area contributed by atoms with Gasteiger partial charge in [-0.25, -0.2) is 0 Å². The smallest absolute Gasteiger partial charge is 0.297 e. The molecule has 338 valence electrons. The second kappa shape index (κ2) is 16.1. The largest absolute Gasteiger partial charge is 0.472 e. The van der Waals surface area contributed by atoms with Crippen molar-refractivity contribution in [1.82, 2.24) is 0 Å². The van der Waals surface area contributed by atoms with Gasteiger partial charge in [-0.15, -0.1) is 0 Å². The van der Waals surface area contributed by atoms with Crippen LogP contribution >= 0.6 is 0 Å². The van der Waals surface area contributed by atoms with Gasteiger partial charge in [-0.2, -0.15) is 0 Å². The molecule has 4 nitrogen and oxygen atoms in total. The maximum absolute atomic E-state index is 7.69. The molecule has 1 aromatic heterocycles. The predicted octanol–water partition coefficient (Wildman–Crippen LogP) is 15.8. The number of rotatable bonds is 7. The molecule has 12 rings (SSSR count). The fourth-order valence-electron chi connectivity index (χ4n) is 11.4. The zero-order valence-corrected chi connectivity index (χ0v) is 40.8. The van der Waals surface area contributed by atoms with E-state index < -0.39 is 0 Å². The summed E-state index contributed by atoms with van der Waals surface area (Å²) < 4.78 is 7.69. The third-order valence-electron chi connectivity index (χ3n) is 15.1. The molecule has 8 aromatic carbocycles. The second-order valence-electron chi connectivity index (χ2n) is 21.6. The standard InChI is InChI=1S/C64H58BN3O/c1-62(2,3)47-32-34-50(35-33-47)68-56-42-52(66(48-26-16-10-17-27-48)49-28-18-11-19-29-49)41-55-58(56)65(61-59(68)57-60(69-61)64(6,7)38-37-63(57,4)5)53-36-31-46(44-23-14-9-15-24-44)40-54(53)67(55)51-30-20-25-45(39-51)43-21-12-8-13-22-43/h8-36,39-42H,37-38H2,1-7H3. The molecule has 3 heterocycles. The summed E-state index contributed by atoms with van der Waals surface area (Å²) in [4.78, 5) is 7.56. The summed E-state index contributed by atoms with van der Waals surface area (Å²) in [5.41, 5.74) is 20.6. The molecule has 0 saturated carbocycles. The van der Waals surface area contributed by atoms with E-state index in [0.717, 1.165) is 69.8 Å². The van der Waals surface area contributed by atoms with E-state index in [4.69, 9.17) is 4.42 Å². The molecule has 0 spiro atoms. The van der Waals surface area contributed by atoms with Crippen molar-refractivity contribution in [1.29, 1.82) is 0 Å². The van der Waals surface area contributed by atoms with Crippen LogP contribution in [0.5, 0.6) is 0 Å². The summed E-state index contributed by atoms with van der Waals surface area (Å²) in [6.07, 6.45) is 2.12. The number of para-hydroxylation sites is 2.